The summed E-state index contributed by atoms with van der Waals surface area (Å²) >= 11 is 0. The van der Waals surface area contributed by atoms with Gasteiger partial charge in [0.25, 0.3) is 5.91 Å². The molecule has 2 aromatic carbocycles. The highest BCUT2D eigenvalue weighted by molar-refractivity contribution is 5.98. The Labute approximate surface area is 191 Å². The number of benzene rings is 2. The standard InChI is InChI=1S/C26H24FN5O/c1-17(2)32-25-22(14-29-32)12-24(18(3)30-25)26(33)31(16-21-5-4-6-23(27)11-21)15-20-9-7-19(13-28)8-10-20/h4-12,14,17H,15-16H2,1-3H3. The topological polar surface area (TPSA) is 74.8 Å². The normalized spacial score (nSPS) is 11.0. The van der Waals surface area contributed by atoms with Gasteiger partial charge in [-0.15, -0.1) is 0 Å². The third-order valence-corrected chi connectivity index (χ3v) is 5.49. The van der Waals surface area contributed by atoms with E-state index >= 15 is 0 Å². The van der Waals surface area contributed by atoms with Gasteiger partial charge in [0.2, 0.25) is 0 Å². The molecule has 0 N–H and O–H groups in total. The molecule has 2 heterocycles. The summed E-state index contributed by atoms with van der Waals surface area (Å²) in [5.41, 5.74) is 3.95. The number of nitrogens with zero attached hydrogens (tertiary/aromatic N) is 5. The predicted octanol–water partition coefficient (Wildman–Crippen LogP) is 5.17. The molecule has 0 spiro atoms. The Kier molecular flexibility index (Phi) is 6.18. The summed E-state index contributed by atoms with van der Waals surface area (Å²) < 4.78 is 15.6. The maximum Gasteiger partial charge on any atom is 0.256 e. The first-order chi connectivity index (χ1) is 15.9. The maximum atomic E-state index is 13.8. The molecule has 7 heteroatoms. The summed E-state index contributed by atoms with van der Waals surface area (Å²) in [7, 11) is 0. The molecule has 0 saturated heterocycles. The van der Waals surface area contributed by atoms with Crippen molar-refractivity contribution in [3.05, 3.63) is 94.6 Å². The van der Waals surface area contributed by atoms with Gasteiger partial charge in [-0.1, -0.05) is 24.3 Å². The molecule has 0 bridgehead atoms. The van der Waals surface area contributed by atoms with Crippen molar-refractivity contribution in [1.82, 2.24) is 19.7 Å². The van der Waals surface area contributed by atoms with Gasteiger partial charge in [-0.3, -0.25) is 4.79 Å². The van der Waals surface area contributed by atoms with E-state index in [4.69, 9.17) is 5.26 Å². The smallest absolute Gasteiger partial charge is 0.256 e. The molecule has 0 aliphatic carbocycles. The molecule has 0 aliphatic heterocycles. The zero-order valence-corrected chi connectivity index (χ0v) is 18.8. The van der Waals surface area contributed by atoms with Gasteiger partial charge in [0, 0.05) is 24.5 Å². The number of pyridine rings is 1. The van der Waals surface area contributed by atoms with Crippen LogP contribution in [0, 0.1) is 24.1 Å². The van der Waals surface area contributed by atoms with E-state index in [0.717, 1.165) is 16.6 Å². The molecule has 0 fully saturated rings. The minimum Gasteiger partial charge on any atom is -0.330 e. The number of carbonyl (C=O) groups is 1. The average molecular weight is 442 g/mol. The van der Waals surface area contributed by atoms with E-state index in [2.05, 4.69) is 16.2 Å². The van der Waals surface area contributed by atoms with E-state index in [1.807, 2.05) is 43.7 Å². The van der Waals surface area contributed by atoms with Gasteiger partial charge in [-0.2, -0.15) is 10.4 Å². The Hall–Kier alpha value is -4.05. The van der Waals surface area contributed by atoms with Gasteiger partial charge in [-0.25, -0.2) is 14.1 Å². The predicted molar refractivity (Wildman–Crippen MR) is 124 cm³/mol. The summed E-state index contributed by atoms with van der Waals surface area (Å²) in [6.07, 6.45) is 1.72. The van der Waals surface area contributed by atoms with Gasteiger partial charge >= 0.3 is 0 Å². The van der Waals surface area contributed by atoms with Crippen molar-refractivity contribution in [2.45, 2.75) is 39.9 Å². The van der Waals surface area contributed by atoms with E-state index < -0.39 is 0 Å². The molecule has 4 aromatic rings. The SMILES string of the molecule is Cc1nc2c(cnn2C(C)C)cc1C(=O)N(Cc1ccc(C#N)cc1)Cc1cccc(F)c1. The summed E-state index contributed by atoms with van der Waals surface area (Å²) in [4.78, 5) is 20.0. The number of carbonyl (C=O) groups excluding carboxylic acids is 1. The van der Waals surface area contributed by atoms with E-state index in [-0.39, 0.29) is 24.3 Å². The Morgan fingerprint density at radius 2 is 1.85 bits per heavy atom. The zero-order chi connectivity index (χ0) is 23.5. The lowest BCUT2D eigenvalue weighted by Gasteiger charge is -2.24. The number of hydrogen-bond acceptors (Lipinski definition) is 4. The van der Waals surface area contributed by atoms with Crippen LogP contribution in [0.5, 0.6) is 0 Å². The van der Waals surface area contributed by atoms with Crippen LogP contribution >= 0.6 is 0 Å². The van der Waals surface area contributed by atoms with Crippen molar-refractivity contribution in [1.29, 1.82) is 5.26 Å². The molecule has 166 valence electrons. The third kappa shape index (κ3) is 4.75. The number of amides is 1. The van der Waals surface area contributed by atoms with E-state index in [9.17, 15) is 9.18 Å². The van der Waals surface area contributed by atoms with Crippen LogP contribution < -0.4 is 0 Å². The Morgan fingerprint density at radius 1 is 1.12 bits per heavy atom. The molecule has 4 rings (SSSR count). The summed E-state index contributed by atoms with van der Waals surface area (Å²) in [5, 5.41) is 14.3. The van der Waals surface area contributed by atoms with Crippen molar-refractivity contribution in [3.8, 4) is 6.07 Å². The molecule has 0 atom stereocenters. The summed E-state index contributed by atoms with van der Waals surface area (Å²) in [6, 6.07) is 17.4. The van der Waals surface area contributed by atoms with E-state index in [1.165, 1.54) is 12.1 Å². The number of aromatic nitrogens is 3. The monoisotopic (exact) mass is 441 g/mol. The fourth-order valence-corrected chi connectivity index (χ4v) is 3.79. The minimum absolute atomic E-state index is 0.150. The van der Waals surface area contributed by atoms with Gasteiger partial charge in [0.15, 0.2) is 5.65 Å². The van der Waals surface area contributed by atoms with Gasteiger partial charge in [-0.05, 0) is 62.2 Å². The van der Waals surface area contributed by atoms with Crippen molar-refractivity contribution in [2.75, 3.05) is 0 Å². The van der Waals surface area contributed by atoms with Crippen molar-refractivity contribution >= 4 is 16.9 Å². The van der Waals surface area contributed by atoms with E-state index in [0.29, 0.717) is 28.9 Å². The number of hydrogen-bond donors (Lipinski definition) is 0. The molecule has 0 radical (unpaired) electrons. The fraction of sp³-hybridized carbons (Fsp3) is 0.231. The van der Waals surface area contributed by atoms with Crippen molar-refractivity contribution < 1.29 is 9.18 Å². The quantitative estimate of drug-likeness (QED) is 0.413. The fourth-order valence-electron chi connectivity index (χ4n) is 3.79. The molecule has 33 heavy (non-hydrogen) atoms. The van der Waals surface area contributed by atoms with E-state index in [1.54, 1.807) is 35.4 Å². The van der Waals surface area contributed by atoms with Crippen molar-refractivity contribution in [2.24, 2.45) is 0 Å². The lowest BCUT2D eigenvalue weighted by atomic mass is 10.1. The second-order valence-electron chi connectivity index (χ2n) is 8.32. The number of fused-ring (bicyclic) bond motifs is 1. The van der Waals surface area contributed by atoms with Gasteiger partial charge < -0.3 is 4.90 Å². The van der Waals surface area contributed by atoms with Crippen LogP contribution in [0.4, 0.5) is 4.39 Å². The first-order valence-electron chi connectivity index (χ1n) is 10.7. The molecular weight excluding hydrogens is 417 g/mol. The third-order valence-electron chi connectivity index (χ3n) is 5.49. The molecule has 2 aromatic heterocycles. The molecule has 0 unspecified atom stereocenters. The highest BCUT2D eigenvalue weighted by atomic mass is 19.1. The lowest BCUT2D eigenvalue weighted by molar-refractivity contribution is 0.0728. The second-order valence-corrected chi connectivity index (χ2v) is 8.32. The lowest BCUT2D eigenvalue weighted by Crippen LogP contribution is -2.31. The average Bonchev–Trinajstić information content (AvgIpc) is 3.21. The van der Waals surface area contributed by atoms with Crippen LogP contribution in [-0.2, 0) is 13.1 Å². The molecule has 6 nitrogen and oxygen atoms in total. The Morgan fingerprint density at radius 3 is 2.52 bits per heavy atom. The first-order valence-corrected chi connectivity index (χ1v) is 10.7. The largest absolute Gasteiger partial charge is 0.330 e. The number of rotatable bonds is 6. The zero-order valence-electron chi connectivity index (χ0n) is 18.8. The Balaban J connectivity index is 1.71. The molecule has 1 amide bonds. The van der Waals surface area contributed by atoms with Crippen LogP contribution in [0.25, 0.3) is 11.0 Å². The number of halogens is 1. The highest BCUT2D eigenvalue weighted by Crippen LogP contribution is 2.22. The summed E-state index contributed by atoms with van der Waals surface area (Å²) in [6.45, 7) is 6.41. The van der Waals surface area contributed by atoms with Crippen LogP contribution in [0.15, 0.2) is 60.8 Å². The maximum absolute atomic E-state index is 13.8. The molecule has 0 saturated carbocycles. The van der Waals surface area contributed by atoms with Gasteiger partial charge in [0.05, 0.1) is 29.1 Å². The summed E-state index contributed by atoms with van der Waals surface area (Å²) in [5.74, 6) is -0.550. The van der Waals surface area contributed by atoms with Crippen LogP contribution in [-0.4, -0.2) is 25.6 Å². The second kappa shape index (κ2) is 9.21. The highest BCUT2D eigenvalue weighted by Gasteiger charge is 2.21. The van der Waals surface area contributed by atoms with Gasteiger partial charge in [0.1, 0.15) is 5.82 Å². The van der Waals surface area contributed by atoms with Crippen LogP contribution in [0.3, 0.4) is 0 Å². The number of aryl methyl sites for hydroxylation is 1. The van der Waals surface area contributed by atoms with Crippen molar-refractivity contribution in [3.63, 3.8) is 0 Å². The minimum atomic E-state index is -0.348. The van der Waals surface area contributed by atoms with Crippen LogP contribution in [0.1, 0.15) is 52.6 Å². The number of nitriles is 1. The Bertz CT molecular complexity index is 1350. The first kappa shape index (κ1) is 22.2. The van der Waals surface area contributed by atoms with Crippen LogP contribution in [0.2, 0.25) is 0 Å². The molecule has 0 aliphatic rings. The molecular formula is C26H24FN5O.